The Morgan fingerprint density at radius 2 is 1.79 bits per heavy atom. The largest absolute Gasteiger partial charge is 0.373 e. The van der Waals surface area contributed by atoms with Crippen molar-refractivity contribution in [1.82, 2.24) is 19.2 Å². The molecule has 1 unspecified atom stereocenters. The first kappa shape index (κ1) is 19.2. The highest BCUT2D eigenvalue weighted by Crippen LogP contribution is 2.48. The number of hydrogen-bond acceptors (Lipinski definition) is 8. The predicted molar refractivity (Wildman–Crippen MR) is 106 cm³/mol. The van der Waals surface area contributed by atoms with Gasteiger partial charge in [-0.2, -0.15) is 0 Å². The molecule has 158 valence electrons. The van der Waals surface area contributed by atoms with E-state index in [4.69, 9.17) is 4.74 Å². The van der Waals surface area contributed by atoms with Gasteiger partial charge in [0, 0.05) is 45.1 Å². The number of carbonyl (C=O) groups is 1. The van der Waals surface area contributed by atoms with Crippen LogP contribution in [0, 0.1) is 5.92 Å². The van der Waals surface area contributed by atoms with E-state index in [9.17, 15) is 13.2 Å². The third-order valence-corrected chi connectivity index (χ3v) is 8.98. The summed E-state index contributed by atoms with van der Waals surface area (Å²) < 4.78 is 32.5. The van der Waals surface area contributed by atoms with Gasteiger partial charge in [-0.15, -0.1) is 0 Å². The SMILES string of the molecule is O=C1[C@H]2C3CC[C@H](O3)[C@H]2S(=O)(=O)N1CCCCN1CCN(c2cnccn2)CC1. The van der Waals surface area contributed by atoms with Crippen molar-refractivity contribution in [3.05, 3.63) is 18.6 Å². The fourth-order valence-corrected chi connectivity index (χ4v) is 7.53. The third-order valence-electron chi connectivity index (χ3n) is 6.72. The lowest BCUT2D eigenvalue weighted by Gasteiger charge is -2.35. The Balaban J connectivity index is 1.08. The van der Waals surface area contributed by atoms with Crippen LogP contribution in [0.4, 0.5) is 5.82 Å². The molecule has 1 aromatic rings. The number of nitrogens with zero attached hydrogens (tertiary/aromatic N) is 5. The van der Waals surface area contributed by atoms with Gasteiger partial charge in [0.1, 0.15) is 11.1 Å². The second kappa shape index (κ2) is 7.48. The molecule has 4 saturated heterocycles. The average molecular weight is 422 g/mol. The van der Waals surface area contributed by atoms with Crippen molar-refractivity contribution in [3.63, 3.8) is 0 Å². The summed E-state index contributed by atoms with van der Waals surface area (Å²) in [7, 11) is -3.56. The minimum atomic E-state index is -3.56. The number of amides is 1. The number of hydrogen-bond donors (Lipinski definition) is 0. The van der Waals surface area contributed by atoms with Gasteiger partial charge >= 0.3 is 0 Å². The van der Waals surface area contributed by atoms with E-state index in [0.29, 0.717) is 13.0 Å². The smallest absolute Gasteiger partial charge is 0.243 e. The summed E-state index contributed by atoms with van der Waals surface area (Å²) in [5, 5.41) is -0.636. The third kappa shape index (κ3) is 3.30. The molecule has 4 atom stereocenters. The number of fused-ring (bicyclic) bond motifs is 5. The molecular formula is C19H27N5O4S. The summed E-state index contributed by atoms with van der Waals surface area (Å²) >= 11 is 0. The molecule has 5 rings (SSSR count). The highest BCUT2D eigenvalue weighted by molar-refractivity contribution is 7.90. The molecule has 0 radical (unpaired) electrons. The fraction of sp³-hybridized carbons (Fsp3) is 0.737. The van der Waals surface area contributed by atoms with Crippen molar-refractivity contribution < 1.29 is 17.9 Å². The number of anilines is 1. The predicted octanol–water partition coefficient (Wildman–Crippen LogP) is 0.0968. The van der Waals surface area contributed by atoms with Crippen LogP contribution in [0.5, 0.6) is 0 Å². The molecule has 4 aliphatic rings. The van der Waals surface area contributed by atoms with Gasteiger partial charge in [0.25, 0.3) is 0 Å². The monoisotopic (exact) mass is 421 g/mol. The maximum Gasteiger partial charge on any atom is 0.243 e. The first-order chi connectivity index (χ1) is 14.1. The minimum absolute atomic E-state index is 0.192. The van der Waals surface area contributed by atoms with Gasteiger partial charge in [-0.3, -0.25) is 14.7 Å². The van der Waals surface area contributed by atoms with Gasteiger partial charge < -0.3 is 9.64 Å². The fourth-order valence-electron chi connectivity index (χ4n) is 5.24. The Kier molecular flexibility index (Phi) is 4.95. The van der Waals surface area contributed by atoms with Gasteiger partial charge in [0.2, 0.25) is 15.9 Å². The van der Waals surface area contributed by atoms with Gasteiger partial charge in [0.05, 0.1) is 24.3 Å². The molecule has 0 N–H and O–H groups in total. The molecule has 0 spiro atoms. The van der Waals surface area contributed by atoms with Crippen LogP contribution in [-0.4, -0.2) is 90.2 Å². The molecule has 0 aromatic carbocycles. The van der Waals surface area contributed by atoms with E-state index < -0.39 is 21.2 Å². The topological polar surface area (TPSA) is 95.9 Å². The molecule has 9 nitrogen and oxygen atoms in total. The summed E-state index contributed by atoms with van der Waals surface area (Å²) in [6, 6.07) is 0. The zero-order valence-electron chi connectivity index (χ0n) is 16.4. The summed E-state index contributed by atoms with van der Waals surface area (Å²) in [6.45, 7) is 4.92. The quantitative estimate of drug-likeness (QED) is 0.597. The number of rotatable bonds is 6. The van der Waals surface area contributed by atoms with E-state index >= 15 is 0 Å². The maximum atomic E-state index is 12.8. The van der Waals surface area contributed by atoms with E-state index in [1.54, 1.807) is 18.6 Å². The van der Waals surface area contributed by atoms with E-state index in [1.165, 1.54) is 0 Å². The van der Waals surface area contributed by atoms with Crippen LogP contribution in [0.1, 0.15) is 25.7 Å². The van der Waals surface area contributed by atoms with Crippen LogP contribution in [0.2, 0.25) is 0 Å². The van der Waals surface area contributed by atoms with E-state index in [-0.39, 0.29) is 18.1 Å². The highest BCUT2D eigenvalue weighted by Gasteiger charge is 2.65. The van der Waals surface area contributed by atoms with Crippen molar-refractivity contribution >= 4 is 21.7 Å². The number of aromatic nitrogens is 2. The average Bonchev–Trinajstić information content (AvgIpc) is 3.41. The molecular weight excluding hydrogens is 394 g/mol. The van der Waals surface area contributed by atoms with Gasteiger partial charge in [-0.05, 0) is 32.2 Å². The molecule has 0 aliphatic carbocycles. The summed E-state index contributed by atoms with van der Waals surface area (Å²) in [6.07, 6.45) is 7.84. The van der Waals surface area contributed by atoms with E-state index in [0.717, 1.165) is 62.1 Å². The van der Waals surface area contributed by atoms with E-state index in [2.05, 4.69) is 19.8 Å². The molecule has 5 heterocycles. The molecule has 4 fully saturated rings. The van der Waals surface area contributed by atoms with Crippen molar-refractivity contribution in [3.8, 4) is 0 Å². The maximum absolute atomic E-state index is 12.8. The van der Waals surface area contributed by atoms with Crippen LogP contribution in [0.3, 0.4) is 0 Å². The first-order valence-corrected chi connectivity index (χ1v) is 12.0. The Labute approximate surface area is 171 Å². The molecule has 10 heteroatoms. The molecule has 2 bridgehead atoms. The van der Waals surface area contributed by atoms with E-state index in [1.807, 2.05) is 0 Å². The van der Waals surface area contributed by atoms with Crippen LogP contribution in [-0.2, 0) is 19.6 Å². The number of piperazine rings is 1. The summed E-state index contributed by atoms with van der Waals surface area (Å²) in [4.78, 5) is 25.8. The van der Waals surface area contributed by atoms with Crippen LogP contribution >= 0.6 is 0 Å². The Hall–Kier alpha value is -1.78. The zero-order chi connectivity index (χ0) is 20.0. The van der Waals surface area contributed by atoms with Gasteiger partial charge in [-0.25, -0.2) is 17.7 Å². The Morgan fingerprint density at radius 1 is 1.03 bits per heavy atom. The molecule has 4 aliphatic heterocycles. The number of sulfonamides is 1. The molecule has 0 saturated carbocycles. The Bertz CT molecular complexity index is 859. The lowest BCUT2D eigenvalue weighted by molar-refractivity contribution is -0.130. The highest BCUT2D eigenvalue weighted by atomic mass is 32.2. The van der Waals surface area contributed by atoms with Crippen LogP contribution in [0.25, 0.3) is 0 Å². The second-order valence-electron chi connectivity index (χ2n) is 8.34. The summed E-state index contributed by atoms with van der Waals surface area (Å²) in [5.74, 6) is 0.209. The van der Waals surface area contributed by atoms with Crippen molar-refractivity contribution in [2.24, 2.45) is 5.92 Å². The number of carbonyl (C=O) groups excluding carboxylic acids is 1. The van der Waals surface area contributed by atoms with Gasteiger partial charge in [-0.1, -0.05) is 0 Å². The minimum Gasteiger partial charge on any atom is -0.373 e. The van der Waals surface area contributed by atoms with Gasteiger partial charge in [0.15, 0.2) is 0 Å². The first-order valence-electron chi connectivity index (χ1n) is 10.5. The standard InChI is InChI=1S/C19H27N5O4S/c25-19-17-14-3-4-15(28-14)18(17)29(26,27)24(19)8-2-1-7-22-9-11-23(12-10-22)16-13-20-5-6-21-16/h5-6,13-15,17-18H,1-4,7-12H2/t14?,15-,17-,18+/m0/s1. The molecule has 29 heavy (non-hydrogen) atoms. The normalized spacial score (nSPS) is 33.4. The number of ether oxygens (including phenoxy) is 1. The lowest BCUT2D eigenvalue weighted by atomic mass is 9.88. The number of unbranched alkanes of at least 4 members (excludes halogenated alkanes) is 1. The summed E-state index contributed by atoms with van der Waals surface area (Å²) in [5.41, 5.74) is 0. The second-order valence-corrected chi connectivity index (χ2v) is 10.4. The zero-order valence-corrected chi connectivity index (χ0v) is 17.2. The van der Waals surface area contributed by atoms with Crippen molar-refractivity contribution in [1.29, 1.82) is 0 Å². The molecule has 1 amide bonds. The van der Waals surface area contributed by atoms with Crippen LogP contribution < -0.4 is 4.90 Å². The molecule has 1 aromatic heterocycles. The van der Waals surface area contributed by atoms with Crippen molar-refractivity contribution in [2.45, 2.75) is 43.1 Å². The lowest BCUT2D eigenvalue weighted by Crippen LogP contribution is -2.47. The van der Waals surface area contributed by atoms with Crippen molar-refractivity contribution in [2.75, 3.05) is 44.2 Å². The Morgan fingerprint density at radius 3 is 2.52 bits per heavy atom. The van der Waals surface area contributed by atoms with Crippen LogP contribution in [0.15, 0.2) is 18.6 Å².